The number of aromatic nitrogens is 1. The van der Waals surface area contributed by atoms with Crippen molar-refractivity contribution in [2.24, 2.45) is 0 Å². The number of rotatable bonds is 7. The van der Waals surface area contributed by atoms with Crippen LogP contribution in [0.4, 0.5) is 5.69 Å². The van der Waals surface area contributed by atoms with Crippen molar-refractivity contribution in [2.75, 3.05) is 11.1 Å². The highest BCUT2D eigenvalue weighted by Gasteiger charge is 2.11. The van der Waals surface area contributed by atoms with Crippen LogP contribution in [0.5, 0.6) is 0 Å². The van der Waals surface area contributed by atoms with Crippen LogP contribution in [0, 0.1) is 11.3 Å². The van der Waals surface area contributed by atoms with Gasteiger partial charge in [0.15, 0.2) is 0 Å². The summed E-state index contributed by atoms with van der Waals surface area (Å²) < 4.78 is 0. The Morgan fingerprint density at radius 1 is 1.15 bits per heavy atom. The van der Waals surface area contributed by atoms with Crippen LogP contribution in [0.25, 0.3) is 10.6 Å². The van der Waals surface area contributed by atoms with E-state index in [-0.39, 0.29) is 12.3 Å². The molecule has 1 aromatic heterocycles. The van der Waals surface area contributed by atoms with Crippen LogP contribution in [0.2, 0.25) is 0 Å². The highest BCUT2D eigenvalue weighted by molar-refractivity contribution is 7.99. The average Bonchev–Trinajstić information content (AvgIpc) is 3.12. The van der Waals surface area contributed by atoms with Gasteiger partial charge in [0.05, 0.1) is 23.9 Å². The summed E-state index contributed by atoms with van der Waals surface area (Å²) in [4.78, 5) is 17.9. The summed E-state index contributed by atoms with van der Waals surface area (Å²) in [5.41, 5.74) is 2.60. The van der Waals surface area contributed by atoms with Gasteiger partial charge in [-0.1, -0.05) is 42.5 Å². The van der Waals surface area contributed by atoms with Crippen molar-refractivity contribution in [3.63, 3.8) is 0 Å². The number of carbonyl (C=O) groups is 1. The molecule has 0 saturated heterocycles. The van der Waals surface area contributed by atoms with Crippen molar-refractivity contribution < 1.29 is 4.79 Å². The molecule has 0 fully saturated rings. The zero-order valence-electron chi connectivity index (χ0n) is 14.0. The van der Waals surface area contributed by atoms with E-state index in [1.807, 2.05) is 60.0 Å². The second kappa shape index (κ2) is 9.18. The summed E-state index contributed by atoms with van der Waals surface area (Å²) in [5, 5.41) is 14.5. The number of carbonyl (C=O) groups excluding carboxylic acids is 1. The maximum atomic E-state index is 12.4. The lowest BCUT2D eigenvalue weighted by Gasteiger charge is -2.09. The van der Waals surface area contributed by atoms with Gasteiger partial charge in [0, 0.05) is 28.0 Å². The number of thiazole rings is 1. The van der Waals surface area contributed by atoms with Crippen molar-refractivity contribution in [1.29, 1.82) is 5.26 Å². The molecule has 130 valence electrons. The topological polar surface area (TPSA) is 65.8 Å². The molecular formula is C20H17N3OS2. The van der Waals surface area contributed by atoms with Gasteiger partial charge in [-0.25, -0.2) is 4.98 Å². The fourth-order valence-corrected chi connectivity index (χ4v) is 4.05. The third kappa shape index (κ3) is 4.94. The van der Waals surface area contributed by atoms with Gasteiger partial charge in [0.2, 0.25) is 5.91 Å². The van der Waals surface area contributed by atoms with Crippen LogP contribution >= 0.6 is 23.1 Å². The fourth-order valence-electron chi connectivity index (χ4n) is 2.36. The van der Waals surface area contributed by atoms with E-state index in [0.717, 1.165) is 26.8 Å². The maximum absolute atomic E-state index is 12.4. The second-order valence-corrected chi connectivity index (χ2v) is 7.48. The quantitative estimate of drug-likeness (QED) is 0.463. The summed E-state index contributed by atoms with van der Waals surface area (Å²) in [6.07, 6.45) is 0.717. The van der Waals surface area contributed by atoms with E-state index in [2.05, 4.69) is 16.4 Å². The fraction of sp³-hybridized carbons (Fsp3) is 0.150. The molecule has 0 bridgehead atoms. The van der Waals surface area contributed by atoms with E-state index < -0.39 is 0 Å². The first kappa shape index (κ1) is 18.2. The van der Waals surface area contributed by atoms with Crippen molar-refractivity contribution in [1.82, 2.24) is 4.98 Å². The van der Waals surface area contributed by atoms with Crippen LogP contribution in [0.1, 0.15) is 12.1 Å². The lowest BCUT2D eigenvalue weighted by atomic mass is 10.2. The molecule has 0 radical (unpaired) electrons. The van der Waals surface area contributed by atoms with E-state index >= 15 is 0 Å². The van der Waals surface area contributed by atoms with Gasteiger partial charge in [-0.3, -0.25) is 4.79 Å². The van der Waals surface area contributed by atoms with E-state index in [0.29, 0.717) is 12.2 Å². The Hall–Kier alpha value is -2.62. The van der Waals surface area contributed by atoms with Gasteiger partial charge < -0.3 is 5.32 Å². The number of amides is 1. The van der Waals surface area contributed by atoms with E-state index in [1.54, 1.807) is 23.1 Å². The highest BCUT2D eigenvalue weighted by atomic mass is 32.2. The molecule has 3 aromatic rings. The second-order valence-electron chi connectivity index (χ2n) is 5.49. The molecule has 3 rings (SSSR count). The lowest BCUT2D eigenvalue weighted by Crippen LogP contribution is -2.15. The molecule has 1 N–H and O–H groups in total. The first-order valence-corrected chi connectivity index (χ1v) is 10.0. The van der Waals surface area contributed by atoms with Crippen molar-refractivity contribution >= 4 is 34.7 Å². The standard InChI is InChI=1S/C20H17N3OS2/c21-11-6-12-25-18-10-5-4-9-17(18)23-19(24)13-16-14-26-20(22-16)15-7-2-1-3-8-15/h1-5,7-10,14H,6,12-13H2,(H,23,24). The molecule has 0 spiro atoms. The minimum absolute atomic E-state index is 0.0942. The summed E-state index contributed by atoms with van der Waals surface area (Å²) in [6.45, 7) is 0. The predicted octanol–water partition coefficient (Wildman–Crippen LogP) is 5.00. The molecule has 0 aliphatic rings. The molecule has 4 nitrogen and oxygen atoms in total. The summed E-state index contributed by atoms with van der Waals surface area (Å²) in [7, 11) is 0. The molecule has 0 unspecified atom stereocenters. The molecule has 6 heteroatoms. The summed E-state index contributed by atoms with van der Waals surface area (Å²) >= 11 is 3.11. The SMILES string of the molecule is N#CCCSc1ccccc1NC(=O)Cc1csc(-c2ccccc2)n1. The van der Waals surface area contributed by atoms with E-state index in [9.17, 15) is 4.79 Å². The lowest BCUT2D eigenvalue weighted by molar-refractivity contribution is -0.115. The number of thioether (sulfide) groups is 1. The Morgan fingerprint density at radius 3 is 2.73 bits per heavy atom. The largest absolute Gasteiger partial charge is 0.325 e. The molecule has 1 amide bonds. The monoisotopic (exact) mass is 379 g/mol. The minimum atomic E-state index is -0.0942. The number of benzene rings is 2. The van der Waals surface area contributed by atoms with Crippen molar-refractivity contribution in [3.05, 3.63) is 65.7 Å². The van der Waals surface area contributed by atoms with E-state index in [4.69, 9.17) is 5.26 Å². The normalized spacial score (nSPS) is 10.3. The summed E-state index contributed by atoms with van der Waals surface area (Å²) in [6, 6.07) is 19.7. The number of anilines is 1. The molecule has 0 atom stereocenters. The smallest absolute Gasteiger partial charge is 0.230 e. The van der Waals surface area contributed by atoms with Crippen molar-refractivity contribution in [2.45, 2.75) is 17.7 Å². The van der Waals surface area contributed by atoms with Crippen LogP contribution in [-0.2, 0) is 11.2 Å². The van der Waals surface area contributed by atoms with Gasteiger partial charge in [-0.2, -0.15) is 5.26 Å². The Morgan fingerprint density at radius 2 is 1.92 bits per heavy atom. The van der Waals surface area contributed by atoms with Crippen LogP contribution < -0.4 is 5.32 Å². The summed E-state index contributed by atoms with van der Waals surface area (Å²) in [5.74, 6) is 0.610. The van der Waals surface area contributed by atoms with Gasteiger partial charge in [-0.05, 0) is 12.1 Å². The van der Waals surface area contributed by atoms with Crippen LogP contribution in [0.3, 0.4) is 0 Å². The molecular weight excluding hydrogens is 362 g/mol. The van der Waals surface area contributed by atoms with Gasteiger partial charge in [0.25, 0.3) is 0 Å². The third-order valence-electron chi connectivity index (χ3n) is 3.55. The molecule has 26 heavy (non-hydrogen) atoms. The number of nitrogens with zero attached hydrogens (tertiary/aromatic N) is 2. The van der Waals surface area contributed by atoms with Crippen molar-refractivity contribution in [3.8, 4) is 16.6 Å². The van der Waals surface area contributed by atoms with Crippen LogP contribution in [0.15, 0.2) is 64.9 Å². The number of hydrogen-bond donors (Lipinski definition) is 1. The predicted molar refractivity (Wildman–Crippen MR) is 107 cm³/mol. The molecule has 0 aliphatic carbocycles. The minimum Gasteiger partial charge on any atom is -0.325 e. The van der Waals surface area contributed by atoms with Gasteiger partial charge in [0.1, 0.15) is 5.01 Å². The van der Waals surface area contributed by atoms with Gasteiger partial charge >= 0.3 is 0 Å². The van der Waals surface area contributed by atoms with E-state index in [1.165, 1.54) is 0 Å². The Labute approximate surface area is 160 Å². The number of hydrogen-bond acceptors (Lipinski definition) is 5. The molecule has 0 aliphatic heterocycles. The van der Waals surface area contributed by atoms with Crippen LogP contribution in [-0.4, -0.2) is 16.6 Å². The average molecular weight is 380 g/mol. The molecule has 1 heterocycles. The Kier molecular flexibility index (Phi) is 6.42. The first-order chi connectivity index (χ1) is 12.8. The zero-order chi connectivity index (χ0) is 18.2. The Balaban J connectivity index is 1.63. The first-order valence-electron chi connectivity index (χ1n) is 8.14. The Bertz CT molecular complexity index is 916. The number of para-hydroxylation sites is 1. The van der Waals surface area contributed by atoms with Gasteiger partial charge in [-0.15, -0.1) is 23.1 Å². The third-order valence-corrected chi connectivity index (χ3v) is 5.56. The number of nitriles is 1. The molecule has 2 aromatic carbocycles. The zero-order valence-corrected chi connectivity index (χ0v) is 15.6. The highest BCUT2D eigenvalue weighted by Crippen LogP contribution is 2.28. The number of nitrogens with one attached hydrogen (secondary N) is 1. The molecule has 0 saturated carbocycles. The maximum Gasteiger partial charge on any atom is 0.230 e.